The molecule has 0 bridgehead atoms. The van der Waals surface area contributed by atoms with E-state index in [1.54, 1.807) is 4.90 Å². The molecule has 2 aromatic rings. The molecule has 154 valence electrons. The normalized spacial score (nSPS) is 13.9. The largest absolute Gasteiger partial charge is 0.483 e. The number of carbonyl (C=O) groups excluding carboxylic acids is 2. The molecule has 1 saturated heterocycles. The maximum atomic E-state index is 12.4. The van der Waals surface area contributed by atoms with Crippen molar-refractivity contribution < 1.29 is 14.3 Å². The summed E-state index contributed by atoms with van der Waals surface area (Å²) in [5, 5.41) is 3.36. The van der Waals surface area contributed by atoms with Crippen LogP contribution in [0.4, 0.5) is 5.69 Å². The number of anilines is 1. The van der Waals surface area contributed by atoms with Crippen LogP contribution in [0.5, 0.6) is 5.75 Å². The summed E-state index contributed by atoms with van der Waals surface area (Å²) in [6.07, 6.45) is 0. The SMILES string of the molecule is Cc1ccc(C)c(OCC(=O)NCC(=O)N2CCN(c3ccc(Cl)cc3)CC2)c1. The predicted octanol–water partition coefficient (Wildman–Crippen LogP) is 2.80. The smallest absolute Gasteiger partial charge is 0.258 e. The molecule has 0 aliphatic carbocycles. The quantitative estimate of drug-likeness (QED) is 0.788. The van der Waals surface area contributed by atoms with E-state index in [4.69, 9.17) is 16.3 Å². The number of aryl methyl sites for hydroxylation is 2. The fourth-order valence-electron chi connectivity index (χ4n) is 3.21. The Bertz CT molecular complexity index is 862. The zero-order valence-corrected chi connectivity index (χ0v) is 17.5. The lowest BCUT2D eigenvalue weighted by Crippen LogP contribution is -2.51. The van der Waals surface area contributed by atoms with Gasteiger partial charge >= 0.3 is 0 Å². The molecular weight excluding hydrogens is 390 g/mol. The number of carbonyl (C=O) groups is 2. The van der Waals surface area contributed by atoms with E-state index >= 15 is 0 Å². The van der Waals surface area contributed by atoms with E-state index in [1.807, 2.05) is 56.3 Å². The third-order valence-corrected chi connectivity index (χ3v) is 5.22. The second-order valence-corrected chi connectivity index (χ2v) is 7.62. The van der Waals surface area contributed by atoms with E-state index < -0.39 is 0 Å². The minimum absolute atomic E-state index is 0.0179. The number of nitrogens with zero attached hydrogens (tertiary/aromatic N) is 2. The summed E-state index contributed by atoms with van der Waals surface area (Å²) < 4.78 is 5.58. The lowest BCUT2D eigenvalue weighted by molar-refractivity contribution is -0.133. The highest BCUT2D eigenvalue weighted by Gasteiger charge is 2.21. The van der Waals surface area contributed by atoms with Crippen molar-refractivity contribution in [2.45, 2.75) is 13.8 Å². The molecule has 0 saturated carbocycles. The summed E-state index contributed by atoms with van der Waals surface area (Å²) >= 11 is 5.93. The Hall–Kier alpha value is -2.73. The molecule has 2 amide bonds. The van der Waals surface area contributed by atoms with E-state index in [9.17, 15) is 9.59 Å². The second-order valence-electron chi connectivity index (χ2n) is 7.18. The maximum absolute atomic E-state index is 12.4. The van der Waals surface area contributed by atoms with E-state index in [1.165, 1.54) is 0 Å². The van der Waals surface area contributed by atoms with Crippen LogP contribution in [-0.2, 0) is 9.59 Å². The van der Waals surface area contributed by atoms with Gasteiger partial charge in [-0.25, -0.2) is 0 Å². The summed E-state index contributed by atoms with van der Waals surface area (Å²) in [5.41, 5.74) is 3.13. The zero-order valence-electron chi connectivity index (χ0n) is 16.8. The van der Waals surface area contributed by atoms with Gasteiger partial charge in [-0.2, -0.15) is 0 Å². The summed E-state index contributed by atoms with van der Waals surface area (Å²) in [6.45, 7) is 6.51. The van der Waals surface area contributed by atoms with Crippen molar-refractivity contribution in [1.29, 1.82) is 0 Å². The van der Waals surface area contributed by atoms with Crippen molar-refractivity contribution in [3.63, 3.8) is 0 Å². The lowest BCUT2D eigenvalue weighted by atomic mass is 10.1. The topological polar surface area (TPSA) is 61.9 Å². The number of ether oxygens (including phenoxy) is 1. The molecule has 1 heterocycles. The van der Waals surface area contributed by atoms with Gasteiger partial charge in [0.05, 0.1) is 6.54 Å². The number of hydrogen-bond acceptors (Lipinski definition) is 4. The maximum Gasteiger partial charge on any atom is 0.258 e. The van der Waals surface area contributed by atoms with E-state index in [-0.39, 0.29) is 25.0 Å². The van der Waals surface area contributed by atoms with Crippen LogP contribution in [0.1, 0.15) is 11.1 Å². The van der Waals surface area contributed by atoms with Crippen molar-refractivity contribution in [3.8, 4) is 5.75 Å². The van der Waals surface area contributed by atoms with Gasteiger partial charge in [0.15, 0.2) is 6.61 Å². The molecule has 1 N–H and O–H groups in total. The number of piperazine rings is 1. The van der Waals surface area contributed by atoms with E-state index in [2.05, 4.69) is 10.2 Å². The first-order chi connectivity index (χ1) is 13.9. The summed E-state index contributed by atoms with van der Waals surface area (Å²) in [5.74, 6) is 0.296. The summed E-state index contributed by atoms with van der Waals surface area (Å²) in [6, 6.07) is 13.5. The van der Waals surface area contributed by atoms with Gasteiger partial charge in [-0.3, -0.25) is 9.59 Å². The van der Waals surface area contributed by atoms with Crippen LogP contribution in [0.3, 0.4) is 0 Å². The number of halogens is 1. The molecule has 0 radical (unpaired) electrons. The summed E-state index contributed by atoms with van der Waals surface area (Å²) in [7, 11) is 0. The van der Waals surface area contributed by atoms with Gasteiger partial charge in [-0.15, -0.1) is 0 Å². The molecule has 0 atom stereocenters. The fraction of sp³-hybridized carbons (Fsp3) is 0.364. The zero-order chi connectivity index (χ0) is 20.8. The monoisotopic (exact) mass is 415 g/mol. The Kier molecular flexibility index (Phi) is 6.99. The first kappa shape index (κ1) is 21.0. The molecule has 1 aliphatic rings. The highest BCUT2D eigenvalue weighted by atomic mass is 35.5. The molecule has 1 fully saturated rings. The van der Waals surface area contributed by atoms with Gasteiger partial charge in [0, 0.05) is 36.9 Å². The first-order valence-electron chi connectivity index (χ1n) is 9.67. The van der Waals surface area contributed by atoms with Gasteiger partial charge in [-0.1, -0.05) is 23.7 Å². The Morgan fingerprint density at radius 3 is 2.41 bits per heavy atom. The molecule has 0 spiro atoms. The van der Waals surface area contributed by atoms with Crippen LogP contribution in [0.25, 0.3) is 0 Å². The lowest BCUT2D eigenvalue weighted by Gasteiger charge is -2.36. The fourth-order valence-corrected chi connectivity index (χ4v) is 3.34. The Labute approximate surface area is 176 Å². The molecule has 2 aromatic carbocycles. The number of rotatable bonds is 6. The van der Waals surface area contributed by atoms with Gasteiger partial charge in [-0.05, 0) is 55.3 Å². The highest BCUT2D eigenvalue weighted by molar-refractivity contribution is 6.30. The predicted molar refractivity (Wildman–Crippen MR) is 115 cm³/mol. The van der Waals surface area contributed by atoms with Gasteiger partial charge in [0.25, 0.3) is 5.91 Å². The van der Waals surface area contributed by atoms with Gasteiger partial charge in [0.2, 0.25) is 5.91 Å². The average Bonchev–Trinajstić information content (AvgIpc) is 2.73. The molecule has 29 heavy (non-hydrogen) atoms. The Morgan fingerprint density at radius 1 is 1.03 bits per heavy atom. The van der Waals surface area contributed by atoms with Crippen LogP contribution in [0, 0.1) is 13.8 Å². The van der Waals surface area contributed by atoms with Crippen molar-refractivity contribution in [1.82, 2.24) is 10.2 Å². The number of hydrogen-bond donors (Lipinski definition) is 1. The number of nitrogens with one attached hydrogen (secondary N) is 1. The van der Waals surface area contributed by atoms with Crippen molar-refractivity contribution in [2.24, 2.45) is 0 Å². The third-order valence-electron chi connectivity index (χ3n) is 4.96. The van der Waals surface area contributed by atoms with Crippen LogP contribution in [-0.4, -0.2) is 56.0 Å². The summed E-state index contributed by atoms with van der Waals surface area (Å²) in [4.78, 5) is 28.4. The molecule has 1 aliphatic heterocycles. The molecule has 7 heteroatoms. The van der Waals surface area contributed by atoms with E-state index in [0.29, 0.717) is 23.9 Å². The first-order valence-corrected chi connectivity index (χ1v) is 10.1. The minimum atomic E-state index is -0.306. The number of amides is 2. The van der Waals surface area contributed by atoms with Crippen LogP contribution in [0.2, 0.25) is 5.02 Å². The van der Waals surface area contributed by atoms with Crippen LogP contribution >= 0.6 is 11.6 Å². The molecule has 6 nitrogen and oxygen atoms in total. The van der Waals surface area contributed by atoms with Crippen molar-refractivity contribution in [3.05, 3.63) is 58.6 Å². The molecule has 0 aromatic heterocycles. The Morgan fingerprint density at radius 2 is 1.72 bits per heavy atom. The minimum Gasteiger partial charge on any atom is -0.483 e. The highest BCUT2D eigenvalue weighted by Crippen LogP contribution is 2.20. The van der Waals surface area contributed by atoms with E-state index in [0.717, 1.165) is 29.9 Å². The van der Waals surface area contributed by atoms with Gasteiger partial charge in [0.1, 0.15) is 5.75 Å². The molecule has 3 rings (SSSR count). The molecule has 0 unspecified atom stereocenters. The number of benzene rings is 2. The standard InChI is InChI=1S/C22H26ClN3O3/c1-16-3-4-17(2)20(13-16)29-15-21(27)24-14-22(28)26-11-9-25(10-12-26)19-7-5-18(23)6-8-19/h3-8,13H,9-12,14-15H2,1-2H3,(H,24,27). The second kappa shape index (κ2) is 9.65. The van der Waals surface area contributed by atoms with Crippen molar-refractivity contribution >= 4 is 29.1 Å². The molecular formula is C22H26ClN3O3. The Balaban J connectivity index is 1.40. The van der Waals surface area contributed by atoms with Crippen LogP contribution < -0.4 is 15.0 Å². The van der Waals surface area contributed by atoms with Gasteiger partial charge < -0.3 is 19.9 Å². The third kappa shape index (κ3) is 5.87. The van der Waals surface area contributed by atoms with Crippen molar-refractivity contribution in [2.75, 3.05) is 44.2 Å². The average molecular weight is 416 g/mol. The van der Waals surface area contributed by atoms with Crippen LogP contribution in [0.15, 0.2) is 42.5 Å².